The number of halogens is 3. The lowest BCUT2D eigenvalue weighted by Gasteiger charge is -2.20. The van der Waals surface area contributed by atoms with E-state index in [4.69, 9.17) is 5.11 Å². The van der Waals surface area contributed by atoms with Gasteiger partial charge in [-0.05, 0) is 78.4 Å². The van der Waals surface area contributed by atoms with Crippen LogP contribution in [-0.2, 0) is 11.3 Å². The quantitative estimate of drug-likeness (QED) is 0.148. The van der Waals surface area contributed by atoms with Crippen molar-refractivity contribution >= 4 is 17.6 Å². The summed E-state index contributed by atoms with van der Waals surface area (Å²) in [6, 6.07) is 17.6. The standard InChI is InChI=1S/C33H33F3N2O5/c1-19(2)31-30(33(43)37-23-6-4-3-5-7-23)29(21-10-13-26(35)27(36)16-21)32(20-8-11-22(34)12-9-20)38(31)15-14-24(39)17-25(40)18-28(41)42/h3-13,16,19,24-25,39-40H,14-15,17-18H2,1-2H3,(H,37,43)(H,41,42)/t24-,25-/m1/s1. The molecule has 10 heteroatoms. The first-order valence-corrected chi connectivity index (χ1v) is 13.9. The van der Waals surface area contributed by atoms with E-state index in [0.717, 1.165) is 12.1 Å². The molecule has 3 aromatic carbocycles. The lowest BCUT2D eigenvalue weighted by atomic mass is 9.94. The van der Waals surface area contributed by atoms with Gasteiger partial charge in [0.15, 0.2) is 11.6 Å². The molecule has 0 aliphatic rings. The van der Waals surface area contributed by atoms with Crippen LogP contribution < -0.4 is 5.32 Å². The molecule has 2 atom stereocenters. The van der Waals surface area contributed by atoms with Crippen molar-refractivity contribution in [3.63, 3.8) is 0 Å². The van der Waals surface area contributed by atoms with Crippen LogP contribution in [0.3, 0.4) is 0 Å². The van der Waals surface area contributed by atoms with Crippen LogP contribution in [0.5, 0.6) is 0 Å². The van der Waals surface area contributed by atoms with Gasteiger partial charge in [-0.25, -0.2) is 13.2 Å². The second-order valence-electron chi connectivity index (χ2n) is 10.7. The van der Waals surface area contributed by atoms with Crippen LogP contribution in [0.2, 0.25) is 0 Å². The Kier molecular flexibility index (Phi) is 10.1. The van der Waals surface area contributed by atoms with Gasteiger partial charge in [0.25, 0.3) is 5.91 Å². The number of carbonyl (C=O) groups excluding carboxylic acids is 1. The summed E-state index contributed by atoms with van der Waals surface area (Å²) in [4.78, 5) is 25.0. The number of aliphatic carboxylic acids is 1. The number of benzene rings is 3. The Morgan fingerprint density at radius 1 is 0.860 bits per heavy atom. The normalized spacial score (nSPS) is 12.7. The predicted octanol–water partition coefficient (Wildman–Crippen LogP) is 6.59. The molecule has 7 nitrogen and oxygen atoms in total. The van der Waals surface area contributed by atoms with E-state index >= 15 is 0 Å². The average molecular weight is 595 g/mol. The summed E-state index contributed by atoms with van der Waals surface area (Å²) < 4.78 is 44.5. The summed E-state index contributed by atoms with van der Waals surface area (Å²) >= 11 is 0. The van der Waals surface area contributed by atoms with Crippen molar-refractivity contribution in [2.75, 3.05) is 5.32 Å². The smallest absolute Gasteiger partial charge is 0.305 e. The van der Waals surface area contributed by atoms with Crippen LogP contribution >= 0.6 is 0 Å². The van der Waals surface area contributed by atoms with E-state index in [1.165, 1.54) is 30.3 Å². The number of rotatable bonds is 12. The maximum atomic E-state index is 14.6. The number of aromatic nitrogens is 1. The largest absolute Gasteiger partial charge is 0.481 e. The van der Waals surface area contributed by atoms with Gasteiger partial charge in [0.05, 0.1) is 29.9 Å². The molecule has 1 aromatic heterocycles. The minimum atomic E-state index is -1.26. The van der Waals surface area contributed by atoms with Crippen LogP contribution in [0.1, 0.15) is 55.1 Å². The Labute approximate surface area is 247 Å². The molecule has 43 heavy (non-hydrogen) atoms. The van der Waals surface area contributed by atoms with Gasteiger partial charge in [-0.1, -0.05) is 38.1 Å². The summed E-state index contributed by atoms with van der Waals surface area (Å²) in [7, 11) is 0. The highest BCUT2D eigenvalue weighted by Crippen LogP contribution is 2.43. The molecule has 0 saturated carbocycles. The maximum absolute atomic E-state index is 14.6. The molecule has 0 aliphatic carbocycles. The van der Waals surface area contributed by atoms with Crippen molar-refractivity contribution in [1.29, 1.82) is 0 Å². The number of hydrogen-bond donors (Lipinski definition) is 4. The third-order valence-electron chi connectivity index (χ3n) is 7.08. The first-order valence-electron chi connectivity index (χ1n) is 13.9. The number of carbonyl (C=O) groups is 2. The second kappa shape index (κ2) is 13.7. The lowest BCUT2D eigenvalue weighted by Crippen LogP contribution is -2.22. The van der Waals surface area contributed by atoms with Crippen molar-refractivity contribution in [3.05, 3.63) is 102 Å². The van der Waals surface area contributed by atoms with Gasteiger partial charge in [-0.3, -0.25) is 9.59 Å². The fraction of sp³-hybridized carbons (Fsp3) is 0.273. The number of aliphatic hydroxyl groups excluding tert-OH is 2. The highest BCUT2D eigenvalue weighted by Gasteiger charge is 2.31. The molecule has 0 bridgehead atoms. The van der Waals surface area contributed by atoms with Crippen LogP contribution in [0.15, 0.2) is 72.8 Å². The van der Waals surface area contributed by atoms with Crippen molar-refractivity contribution < 1.29 is 38.1 Å². The van der Waals surface area contributed by atoms with Crippen molar-refractivity contribution in [1.82, 2.24) is 4.57 Å². The number of carboxylic acid groups (broad SMARTS) is 1. The van der Waals surface area contributed by atoms with E-state index in [1.807, 2.05) is 13.8 Å². The zero-order chi connectivity index (χ0) is 31.3. The average Bonchev–Trinajstić information content (AvgIpc) is 3.29. The molecule has 4 aromatic rings. The predicted molar refractivity (Wildman–Crippen MR) is 157 cm³/mol. The number of aliphatic hydroxyl groups is 2. The number of nitrogens with one attached hydrogen (secondary N) is 1. The number of anilines is 1. The van der Waals surface area contributed by atoms with Gasteiger partial charge in [0.2, 0.25) is 0 Å². The van der Waals surface area contributed by atoms with Crippen molar-refractivity contribution in [3.8, 4) is 22.4 Å². The molecular weight excluding hydrogens is 561 g/mol. The number of carboxylic acids is 1. The fourth-order valence-electron chi connectivity index (χ4n) is 5.25. The number of amides is 1. The minimum absolute atomic E-state index is 0.0657. The lowest BCUT2D eigenvalue weighted by molar-refractivity contribution is -0.139. The molecule has 226 valence electrons. The Bertz CT molecular complexity index is 1590. The third kappa shape index (κ3) is 7.52. The maximum Gasteiger partial charge on any atom is 0.305 e. The molecule has 0 radical (unpaired) electrons. The van der Waals surface area contributed by atoms with Crippen LogP contribution in [0.4, 0.5) is 18.9 Å². The van der Waals surface area contributed by atoms with Gasteiger partial charge < -0.3 is 25.2 Å². The fourth-order valence-corrected chi connectivity index (χ4v) is 5.25. The Morgan fingerprint density at radius 3 is 2.12 bits per heavy atom. The number of nitrogens with zero attached hydrogens (tertiary/aromatic N) is 1. The molecule has 4 rings (SSSR count). The van der Waals surface area contributed by atoms with Gasteiger partial charge >= 0.3 is 5.97 Å². The van der Waals surface area contributed by atoms with Crippen LogP contribution in [-0.4, -0.2) is 44.0 Å². The van der Waals surface area contributed by atoms with Crippen molar-refractivity contribution in [2.45, 2.75) is 57.8 Å². The zero-order valence-electron chi connectivity index (χ0n) is 23.7. The van der Waals surface area contributed by atoms with E-state index in [2.05, 4.69) is 5.32 Å². The minimum Gasteiger partial charge on any atom is -0.481 e. The zero-order valence-corrected chi connectivity index (χ0v) is 23.7. The summed E-state index contributed by atoms with van der Waals surface area (Å²) in [6.07, 6.45) is -3.00. The van der Waals surface area contributed by atoms with Crippen molar-refractivity contribution in [2.24, 2.45) is 0 Å². The Morgan fingerprint density at radius 2 is 1.51 bits per heavy atom. The molecule has 0 saturated heterocycles. The number of hydrogen-bond acceptors (Lipinski definition) is 4. The van der Waals surface area contributed by atoms with E-state index in [1.54, 1.807) is 34.9 Å². The summed E-state index contributed by atoms with van der Waals surface area (Å²) in [5.41, 5.74) is 2.67. The first kappa shape index (κ1) is 31.5. The first-order chi connectivity index (χ1) is 20.5. The monoisotopic (exact) mass is 594 g/mol. The topological polar surface area (TPSA) is 112 Å². The molecule has 0 aliphatic heterocycles. The van der Waals surface area contributed by atoms with Gasteiger partial charge in [-0.2, -0.15) is 0 Å². The number of para-hydroxylation sites is 1. The molecular formula is C33H33F3N2O5. The Balaban J connectivity index is 1.94. The molecule has 1 heterocycles. The SMILES string of the molecule is CC(C)c1c(C(=O)Nc2ccccc2)c(-c2ccc(F)c(F)c2)c(-c2ccc(F)cc2)n1CC[C@@H](O)C[C@@H](O)CC(=O)O. The van der Waals surface area contributed by atoms with Crippen LogP contribution in [0, 0.1) is 17.5 Å². The molecule has 0 unspecified atom stereocenters. The highest BCUT2D eigenvalue weighted by atomic mass is 19.2. The molecule has 4 N–H and O–H groups in total. The molecule has 0 fully saturated rings. The van der Waals surface area contributed by atoms with E-state index in [0.29, 0.717) is 28.2 Å². The molecule has 0 spiro atoms. The van der Waals surface area contributed by atoms with Gasteiger partial charge in [0, 0.05) is 23.5 Å². The summed E-state index contributed by atoms with van der Waals surface area (Å²) in [6.45, 7) is 3.83. The van der Waals surface area contributed by atoms with E-state index in [9.17, 15) is 33.0 Å². The highest BCUT2D eigenvalue weighted by molar-refractivity contribution is 6.12. The van der Waals surface area contributed by atoms with E-state index < -0.39 is 48.0 Å². The Hall–Kier alpha value is -4.41. The molecule has 1 amide bonds. The second-order valence-corrected chi connectivity index (χ2v) is 10.7. The van der Waals surface area contributed by atoms with E-state index in [-0.39, 0.29) is 36.4 Å². The van der Waals surface area contributed by atoms with Crippen LogP contribution in [0.25, 0.3) is 22.4 Å². The third-order valence-corrected chi connectivity index (χ3v) is 7.08. The van der Waals surface area contributed by atoms with Gasteiger partial charge in [-0.15, -0.1) is 0 Å². The summed E-state index contributed by atoms with van der Waals surface area (Å²) in [5.74, 6) is -4.66. The van der Waals surface area contributed by atoms with Gasteiger partial charge in [0.1, 0.15) is 5.82 Å². The summed E-state index contributed by atoms with van der Waals surface area (Å²) in [5, 5.41) is 32.6.